The van der Waals surface area contributed by atoms with Gasteiger partial charge < -0.3 is 19.9 Å². The van der Waals surface area contributed by atoms with Crippen LogP contribution in [0.2, 0.25) is 0 Å². The number of hydrogen-bond donors (Lipinski definition) is 2. The Balaban J connectivity index is 1.53. The molecule has 1 aromatic heterocycles. The lowest BCUT2D eigenvalue weighted by molar-refractivity contribution is -0.114. The van der Waals surface area contributed by atoms with E-state index in [0.717, 1.165) is 25.7 Å². The maximum Gasteiger partial charge on any atom is 0.316 e. The Hall–Kier alpha value is -2.90. The molecule has 1 aliphatic rings. The zero-order valence-corrected chi connectivity index (χ0v) is 15.4. The van der Waals surface area contributed by atoms with Crippen LogP contribution in [-0.4, -0.2) is 28.0 Å². The fourth-order valence-electron chi connectivity index (χ4n) is 3.09. The topological polar surface area (TPSA) is 106 Å². The van der Waals surface area contributed by atoms with Crippen molar-refractivity contribution in [3.8, 4) is 5.75 Å². The first-order valence-corrected chi connectivity index (χ1v) is 9.24. The van der Waals surface area contributed by atoms with Crippen LogP contribution in [0.3, 0.4) is 0 Å². The first-order chi connectivity index (χ1) is 13.1. The average Bonchev–Trinajstić information content (AvgIpc) is 2.97. The molecule has 27 heavy (non-hydrogen) atoms. The van der Waals surface area contributed by atoms with Crippen molar-refractivity contribution in [1.82, 2.24) is 15.5 Å². The first kappa shape index (κ1) is 18.9. The van der Waals surface area contributed by atoms with Gasteiger partial charge in [0.05, 0.1) is 0 Å². The number of ether oxygens (including phenoxy) is 1. The number of amides is 2. The molecule has 0 unspecified atom stereocenters. The van der Waals surface area contributed by atoms with E-state index in [1.165, 1.54) is 19.8 Å². The minimum Gasteiger partial charge on any atom is -0.485 e. The monoisotopic (exact) mass is 372 g/mol. The highest BCUT2D eigenvalue weighted by atomic mass is 16.5. The fraction of sp³-hybridized carbons (Fsp3) is 0.474. The maximum absolute atomic E-state index is 12.3. The third-order valence-corrected chi connectivity index (χ3v) is 4.38. The predicted molar refractivity (Wildman–Crippen MR) is 98.3 cm³/mol. The highest BCUT2D eigenvalue weighted by Gasteiger charge is 2.20. The number of hydrogen-bond acceptors (Lipinski definition) is 6. The number of benzene rings is 1. The Labute approximate surface area is 157 Å². The van der Waals surface area contributed by atoms with Gasteiger partial charge in [0.2, 0.25) is 11.7 Å². The largest absolute Gasteiger partial charge is 0.485 e. The van der Waals surface area contributed by atoms with Gasteiger partial charge in [-0.3, -0.25) is 9.59 Å². The van der Waals surface area contributed by atoms with Crippen molar-refractivity contribution in [3.63, 3.8) is 0 Å². The molecule has 0 radical (unpaired) electrons. The van der Waals surface area contributed by atoms with Crippen LogP contribution in [0, 0.1) is 0 Å². The molecule has 2 N–H and O–H groups in total. The summed E-state index contributed by atoms with van der Waals surface area (Å²) >= 11 is 0. The van der Waals surface area contributed by atoms with Crippen molar-refractivity contribution in [2.75, 3.05) is 5.32 Å². The van der Waals surface area contributed by atoms with Crippen LogP contribution in [0.1, 0.15) is 62.0 Å². The summed E-state index contributed by atoms with van der Waals surface area (Å²) in [7, 11) is 0. The molecule has 0 saturated heterocycles. The standard InChI is InChI=1S/C19H24N4O4/c1-13(24)20-15-9-6-10-16(11-15)26-12-17-22-19(27-23-17)18(25)21-14-7-4-2-3-5-8-14/h6,9-11,14H,2-5,7-8,12H2,1H3,(H,20,24)(H,21,25). The van der Waals surface area contributed by atoms with Gasteiger partial charge in [-0.15, -0.1) is 0 Å². The lowest BCUT2D eigenvalue weighted by Crippen LogP contribution is -2.34. The predicted octanol–water partition coefficient (Wildman–Crippen LogP) is 3.06. The van der Waals surface area contributed by atoms with Gasteiger partial charge in [0.15, 0.2) is 6.61 Å². The van der Waals surface area contributed by atoms with Crippen molar-refractivity contribution >= 4 is 17.5 Å². The molecular formula is C19H24N4O4. The minimum absolute atomic E-state index is 0.0511. The third kappa shape index (κ3) is 5.80. The van der Waals surface area contributed by atoms with E-state index in [-0.39, 0.29) is 36.2 Å². The number of carbonyl (C=O) groups excluding carboxylic acids is 2. The summed E-state index contributed by atoms with van der Waals surface area (Å²) in [4.78, 5) is 27.5. The van der Waals surface area contributed by atoms with Crippen LogP contribution in [0.4, 0.5) is 5.69 Å². The molecule has 8 heteroatoms. The first-order valence-electron chi connectivity index (χ1n) is 9.24. The number of anilines is 1. The number of rotatable bonds is 6. The molecule has 1 aliphatic carbocycles. The van der Waals surface area contributed by atoms with Gasteiger partial charge in [-0.2, -0.15) is 4.98 Å². The summed E-state index contributed by atoms with van der Waals surface area (Å²) in [5, 5.41) is 9.45. The van der Waals surface area contributed by atoms with Gasteiger partial charge in [-0.1, -0.05) is 36.9 Å². The van der Waals surface area contributed by atoms with Gasteiger partial charge >= 0.3 is 11.8 Å². The maximum atomic E-state index is 12.3. The third-order valence-electron chi connectivity index (χ3n) is 4.38. The Morgan fingerprint density at radius 3 is 2.74 bits per heavy atom. The molecule has 2 amide bonds. The number of nitrogens with zero attached hydrogens (tertiary/aromatic N) is 2. The van der Waals surface area contributed by atoms with Crippen molar-refractivity contribution < 1.29 is 18.8 Å². The van der Waals surface area contributed by atoms with E-state index in [1.54, 1.807) is 24.3 Å². The molecule has 1 fully saturated rings. The van der Waals surface area contributed by atoms with E-state index in [0.29, 0.717) is 11.4 Å². The Kier molecular flexibility index (Phi) is 6.40. The van der Waals surface area contributed by atoms with Gasteiger partial charge in [-0.05, 0) is 25.0 Å². The van der Waals surface area contributed by atoms with Crippen LogP contribution in [0.25, 0.3) is 0 Å². The molecule has 3 rings (SSSR count). The zero-order chi connectivity index (χ0) is 19.1. The van der Waals surface area contributed by atoms with E-state index in [2.05, 4.69) is 20.8 Å². The smallest absolute Gasteiger partial charge is 0.316 e. The molecule has 0 spiro atoms. The van der Waals surface area contributed by atoms with Crippen LogP contribution < -0.4 is 15.4 Å². The quantitative estimate of drug-likeness (QED) is 0.755. The highest BCUT2D eigenvalue weighted by molar-refractivity contribution is 5.89. The average molecular weight is 372 g/mol. The molecule has 144 valence electrons. The van der Waals surface area contributed by atoms with Crippen molar-refractivity contribution in [3.05, 3.63) is 36.0 Å². The number of aromatic nitrogens is 2. The molecule has 2 aromatic rings. The van der Waals surface area contributed by atoms with Gasteiger partial charge in [-0.25, -0.2) is 0 Å². The number of nitrogens with one attached hydrogen (secondary N) is 2. The highest BCUT2D eigenvalue weighted by Crippen LogP contribution is 2.19. The minimum atomic E-state index is -0.340. The lowest BCUT2D eigenvalue weighted by atomic mass is 10.1. The van der Waals surface area contributed by atoms with Crippen molar-refractivity contribution in [1.29, 1.82) is 0 Å². The second-order valence-electron chi connectivity index (χ2n) is 6.68. The summed E-state index contributed by atoms with van der Waals surface area (Å²) in [6.45, 7) is 1.50. The molecule has 0 bridgehead atoms. The lowest BCUT2D eigenvalue weighted by Gasteiger charge is -2.14. The van der Waals surface area contributed by atoms with Crippen molar-refractivity contribution in [2.24, 2.45) is 0 Å². The van der Waals surface area contributed by atoms with E-state index in [9.17, 15) is 9.59 Å². The van der Waals surface area contributed by atoms with Crippen LogP contribution in [-0.2, 0) is 11.4 Å². The normalized spacial score (nSPS) is 15.0. The molecule has 0 aliphatic heterocycles. The zero-order valence-electron chi connectivity index (χ0n) is 15.4. The van der Waals surface area contributed by atoms with Crippen LogP contribution in [0.5, 0.6) is 5.75 Å². The van der Waals surface area contributed by atoms with E-state index < -0.39 is 0 Å². The molecule has 1 saturated carbocycles. The van der Waals surface area contributed by atoms with E-state index in [1.807, 2.05) is 0 Å². The second kappa shape index (κ2) is 9.16. The molecular weight excluding hydrogens is 348 g/mol. The van der Waals surface area contributed by atoms with E-state index >= 15 is 0 Å². The van der Waals surface area contributed by atoms with Crippen molar-refractivity contribution in [2.45, 2.75) is 58.1 Å². The van der Waals surface area contributed by atoms with Gasteiger partial charge in [0.1, 0.15) is 5.75 Å². The summed E-state index contributed by atoms with van der Waals surface area (Å²) in [5.41, 5.74) is 0.636. The summed E-state index contributed by atoms with van der Waals surface area (Å²) in [5.74, 6) is 0.286. The molecule has 8 nitrogen and oxygen atoms in total. The summed E-state index contributed by atoms with van der Waals surface area (Å²) < 4.78 is 10.7. The fourth-order valence-corrected chi connectivity index (χ4v) is 3.09. The molecule has 0 atom stereocenters. The van der Waals surface area contributed by atoms with Crippen LogP contribution >= 0.6 is 0 Å². The molecule has 1 aromatic carbocycles. The van der Waals surface area contributed by atoms with E-state index in [4.69, 9.17) is 9.26 Å². The number of carbonyl (C=O) groups is 2. The Morgan fingerprint density at radius 1 is 1.22 bits per heavy atom. The summed E-state index contributed by atoms with van der Waals surface area (Å²) in [6, 6.07) is 7.15. The van der Waals surface area contributed by atoms with Gasteiger partial charge in [0.25, 0.3) is 0 Å². The SMILES string of the molecule is CC(=O)Nc1cccc(OCc2noc(C(=O)NC3CCCCCC3)n2)c1. The van der Waals surface area contributed by atoms with Crippen LogP contribution in [0.15, 0.2) is 28.8 Å². The van der Waals surface area contributed by atoms with Gasteiger partial charge in [0, 0.05) is 24.7 Å². The second-order valence-corrected chi connectivity index (χ2v) is 6.68. The summed E-state index contributed by atoms with van der Waals surface area (Å²) in [6.07, 6.45) is 6.67. The Morgan fingerprint density at radius 2 is 2.00 bits per heavy atom. The Bertz CT molecular complexity index is 782. The molecule has 1 heterocycles.